The maximum absolute atomic E-state index is 12.8. The highest BCUT2D eigenvalue weighted by Crippen LogP contribution is 2.10. The molecule has 0 unspecified atom stereocenters. The highest BCUT2D eigenvalue weighted by atomic mass is 35.5. The Morgan fingerprint density at radius 3 is 2.67 bits per heavy atom. The van der Waals surface area contributed by atoms with E-state index in [0.717, 1.165) is 6.07 Å². The van der Waals surface area contributed by atoms with Gasteiger partial charge in [0.1, 0.15) is 11.6 Å². The lowest BCUT2D eigenvalue weighted by Crippen LogP contribution is -1.83. The second kappa shape index (κ2) is 4.21. The van der Waals surface area contributed by atoms with Crippen molar-refractivity contribution in [2.24, 2.45) is 0 Å². The summed E-state index contributed by atoms with van der Waals surface area (Å²) in [5.74, 6) is -0.830. The molecule has 0 N–H and O–H groups in total. The molecular formula is C9H7ClF2. The van der Waals surface area contributed by atoms with E-state index in [0.29, 0.717) is 11.4 Å². The maximum Gasteiger partial charge on any atom is 0.133 e. The van der Waals surface area contributed by atoms with Gasteiger partial charge in [0.25, 0.3) is 0 Å². The summed E-state index contributed by atoms with van der Waals surface area (Å²) in [7, 11) is 0. The van der Waals surface area contributed by atoms with E-state index in [1.54, 1.807) is 6.08 Å². The van der Waals surface area contributed by atoms with E-state index in [1.165, 1.54) is 18.2 Å². The summed E-state index contributed by atoms with van der Waals surface area (Å²) in [5.41, 5.74) is 0.344. The Hall–Kier alpha value is -0.890. The largest absolute Gasteiger partial charge is 0.207 e. The summed E-state index contributed by atoms with van der Waals surface area (Å²) in [5, 5.41) is 0. The van der Waals surface area contributed by atoms with Gasteiger partial charge in [0.2, 0.25) is 0 Å². The van der Waals surface area contributed by atoms with Crippen LogP contribution >= 0.6 is 11.6 Å². The van der Waals surface area contributed by atoms with Gasteiger partial charge in [-0.1, -0.05) is 12.2 Å². The molecular weight excluding hydrogens is 182 g/mol. The summed E-state index contributed by atoms with van der Waals surface area (Å²) in [6.07, 6.45) is 3.11. The molecule has 0 aliphatic carbocycles. The first-order valence-electron chi connectivity index (χ1n) is 3.41. The van der Waals surface area contributed by atoms with E-state index < -0.39 is 11.6 Å². The first-order chi connectivity index (χ1) is 5.74. The van der Waals surface area contributed by atoms with E-state index >= 15 is 0 Å². The van der Waals surface area contributed by atoms with Crippen LogP contribution < -0.4 is 0 Å². The van der Waals surface area contributed by atoms with E-state index in [2.05, 4.69) is 0 Å². The molecule has 3 heteroatoms. The molecule has 0 saturated carbocycles. The monoisotopic (exact) mass is 188 g/mol. The van der Waals surface area contributed by atoms with Crippen molar-refractivity contribution in [2.75, 3.05) is 5.88 Å². The summed E-state index contributed by atoms with van der Waals surface area (Å²) >= 11 is 5.35. The van der Waals surface area contributed by atoms with Crippen molar-refractivity contribution in [3.8, 4) is 0 Å². The highest BCUT2D eigenvalue weighted by molar-refractivity contribution is 6.19. The first kappa shape index (κ1) is 9.20. The lowest BCUT2D eigenvalue weighted by atomic mass is 10.2. The van der Waals surface area contributed by atoms with Crippen molar-refractivity contribution in [3.05, 3.63) is 41.5 Å². The van der Waals surface area contributed by atoms with Crippen LogP contribution in [0.2, 0.25) is 0 Å². The van der Waals surface area contributed by atoms with Crippen LogP contribution in [-0.4, -0.2) is 5.88 Å². The third-order valence-electron chi connectivity index (χ3n) is 1.35. The molecule has 0 atom stereocenters. The summed E-state index contributed by atoms with van der Waals surface area (Å²) in [4.78, 5) is 0. The van der Waals surface area contributed by atoms with E-state index in [1.807, 2.05) is 0 Å². The predicted octanol–water partition coefficient (Wildman–Crippen LogP) is 3.22. The van der Waals surface area contributed by atoms with Crippen molar-refractivity contribution >= 4 is 17.7 Å². The molecule has 0 spiro atoms. The fourth-order valence-electron chi connectivity index (χ4n) is 0.808. The molecule has 0 heterocycles. The van der Waals surface area contributed by atoms with Gasteiger partial charge in [0.15, 0.2) is 0 Å². The average Bonchev–Trinajstić information content (AvgIpc) is 2.03. The minimum atomic E-state index is -0.574. The van der Waals surface area contributed by atoms with E-state index in [4.69, 9.17) is 11.6 Å². The molecule has 0 fully saturated rings. The van der Waals surface area contributed by atoms with Gasteiger partial charge in [-0.2, -0.15) is 0 Å². The Kier molecular flexibility index (Phi) is 3.23. The van der Waals surface area contributed by atoms with Gasteiger partial charge in [-0.05, 0) is 12.1 Å². The molecule has 0 bridgehead atoms. The van der Waals surface area contributed by atoms with Gasteiger partial charge in [-0.15, -0.1) is 11.6 Å². The Labute approximate surface area is 74.5 Å². The quantitative estimate of drug-likeness (QED) is 0.626. The SMILES string of the molecule is Fc1ccc(/C=C/CCl)c(F)c1. The zero-order chi connectivity index (χ0) is 8.97. The standard InChI is InChI=1S/C9H7ClF2/c10-5-1-2-7-3-4-8(11)6-9(7)12/h1-4,6H,5H2/b2-1+. The van der Waals surface area contributed by atoms with Crippen molar-refractivity contribution in [1.29, 1.82) is 0 Å². The average molecular weight is 189 g/mol. The number of hydrogen-bond acceptors (Lipinski definition) is 0. The number of allylic oxidation sites excluding steroid dienone is 1. The van der Waals surface area contributed by atoms with Gasteiger partial charge in [0, 0.05) is 17.5 Å². The number of benzene rings is 1. The molecule has 0 aliphatic heterocycles. The van der Waals surface area contributed by atoms with Crippen LogP contribution in [0, 0.1) is 11.6 Å². The van der Waals surface area contributed by atoms with E-state index in [9.17, 15) is 8.78 Å². The fraction of sp³-hybridized carbons (Fsp3) is 0.111. The molecule has 1 aromatic rings. The molecule has 64 valence electrons. The van der Waals surface area contributed by atoms with Gasteiger partial charge in [0.05, 0.1) is 0 Å². The Balaban J connectivity index is 2.94. The van der Waals surface area contributed by atoms with Gasteiger partial charge < -0.3 is 0 Å². The number of halogens is 3. The molecule has 1 aromatic carbocycles. The molecule has 0 radical (unpaired) electrons. The van der Waals surface area contributed by atoms with Crippen molar-refractivity contribution in [1.82, 2.24) is 0 Å². The molecule has 0 amide bonds. The van der Waals surface area contributed by atoms with Crippen LogP contribution in [0.15, 0.2) is 24.3 Å². The van der Waals surface area contributed by atoms with E-state index in [-0.39, 0.29) is 0 Å². The second-order valence-electron chi connectivity index (χ2n) is 2.22. The Bertz CT molecular complexity index is 295. The van der Waals surface area contributed by atoms with Crippen LogP contribution in [0.4, 0.5) is 8.78 Å². The normalized spacial score (nSPS) is 10.9. The molecule has 0 aromatic heterocycles. The third-order valence-corrected chi connectivity index (χ3v) is 1.53. The number of rotatable bonds is 2. The lowest BCUT2D eigenvalue weighted by Gasteiger charge is -1.95. The minimum absolute atomic E-state index is 0.316. The topological polar surface area (TPSA) is 0 Å². The zero-order valence-electron chi connectivity index (χ0n) is 6.23. The zero-order valence-corrected chi connectivity index (χ0v) is 6.98. The number of alkyl halides is 1. The summed E-state index contributed by atoms with van der Waals surface area (Å²) in [6.45, 7) is 0. The Morgan fingerprint density at radius 1 is 1.33 bits per heavy atom. The van der Waals surface area contributed by atoms with Crippen LogP contribution in [0.25, 0.3) is 6.08 Å². The first-order valence-corrected chi connectivity index (χ1v) is 3.95. The second-order valence-corrected chi connectivity index (χ2v) is 2.53. The maximum atomic E-state index is 12.8. The number of hydrogen-bond donors (Lipinski definition) is 0. The van der Waals surface area contributed by atoms with Gasteiger partial charge in [-0.3, -0.25) is 0 Å². The van der Waals surface area contributed by atoms with Crippen LogP contribution in [-0.2, 0) is 0 Å². The van der Waals surface area contributed by atoms with Crippen molar-refractivity contribution in [3.63, 3.8) is 0 Å². The molecule has 12 heavy (non-hydrogen) atoms. The summed E-state index contributed by atoms with van der Waals surface area (Å²) < 4.78 is 25.2. The Morgan fingerprint density at radius 2 is 2.08 bits per heavy atom. The van der Waals surface area contributed by atoms with Crippen LogP contribution in [0.1, 0.15) is 5.56 Å². The third kappa shape index (κ3) is 2.31. The fourth-order valence-corrected chi connectivity index (χ4v) is 0.897. The van der Waals surface area contributed by atoms with Crippen molar-refractivity contribution in [2.45, 2.75) is 0 Å². The lowest BCUT2D eigenvalue weighted by molar-refractivity contribution is 0.581. The van der Waals surface area contributed by atoms with Crippen LogP contribution in [0.3, 0.4) is 0 Å². The smallest absolute Gasteiger partial charge is 0.133 e. The van der Waals surface area contributed by atoms with Gasteiger partial charge in [-0.25, -0.2) is 8.78 Å². The molecule has 1 rings (SSSR count). The molecule has 0 aliphatic rings. The minimum Gasteiger partial charge on any atom is -0.207 e. The summed E-state index contributed by atoms with van der Waals surface area (Å²) in [6, 6.07) is 3.42. The van der Waals surface area contributed by atoms with Gasteiger partial charge >= 0.3 is 0 Å². The van der Waals surface area contributed by atoms with Crippen molar-refractivity contribution < 1.29 is 8.78 Å². The highest BCUT2D eigenvalue weighted by Gasteiger charge is 1.98. The molecule has 0 nitrogen and oxygen atoms in total. The molecule has 0 saturated heterocycles. The van der Waals surface area contributed by atoms with Crippen LogP contribution in [0.5, 0.6) is 0 Å². The predicted molar refractivity (Wildman–Crippen MR) is 46.1 cm³/mol.